The van der Waals surface area contributed by atoms with Crippen molar-refractivity contribution >= 4 is 10.8 Å². The van der Waals surface area contributed by atoms with Crippen LogP contribution in [0.15, 0.2) is 60.8 Å². The minimum atomic E-state index is -5.13. The molecule has 4 rings (SSSR count). The van der Waals surface area contributed by atoms with E-state index in [0.29, 0.717) is 46.5 Å². The molecule has 36 heavy (non-hydrogen) atoms. The lowest BCUT2D eigenvalue weighted by Crippen LogP contribution is -2.12. The Kier molecular flexibility index (Phi) is 7.52. The number of fused-ring (bicyclic) bond motifs is 1. The number of unbranched alkanes of at least 4 members (excludes halogenated alkanes) is 1. The van der Waals surface area contributed by atoms with Gasteiger partial charge in [0.2, 0.25) is 0 Å². The average Bonchev–Trinajstić information content (AvgIpc) is 2.83. The molecule has 1 aromatic heterocycles. The summed E-state index contributed by atoms with van der Waals surface area (Å²) in [7, 11) is 0. The molecular formula is C28H23F6NO. The summed E-state index contributed by atoms with van der Waals surface area (Å²) in [6, 6.07) is 13.4. The Morgan fingerprint density at radius 3 is 2.25 bits per heavy atom. The van der Waals surface area contributed by atoms with Crippen molar-refractivity contribution in [1.29, 1.82) is 0 Å². The lowest BCUT2D eigenvalue weighted by atomic mass is 9.97. The highest BCUT2D eigenvalue weighted by atomic mass is 19.4. The molecule has 1 heterocycles. The fourth-order valence-corrected chi connectivity index (χ4v) is 3.98. The molecule has 8 heteroatoms. The summed E-state index contributed by atoms with van der Waals surface area (Å²) in [5.74, 6) is -3.17. The number of hydrogen-bond acceptors (Lipinski definition) is 2. The summed E-state index contributed by atoms with van der Waals surface area (Å²) < 4.78 is 86.8. The van der Waals surface area contributed by atoms with Crippen molar-refractivity contribution in [3.63, 3.8) is 0 Å². The van der Waals surface area contributed by atoms with Gasteiger partial charge in [-0.25, -0.2) is 13.2 Å². The van der Waals surface area contributed by atoms with Gasteiger partial charge in [-0.1, -0.05) is 37.6 Å². The molecule has 0 aliphatic rings. The predicted molar refractivity (Wildman–Crippen MR) is 126 cm³/mol. The van der Waals surface area contributed by atoms with E-state index >= 15 is 4.39 Å². The van der Waals surface area contributed by atoms with Crippen LogP contribution in [-0.4, -0.2) is 11.6 Å². The van der Waals surface area contributed by atoms with E-state index in [1.807, 2.05) is 18.2 Å². The standard InChI is InChI=1S/C28H23F6NO/c1-2-3-12-36-21-9-11-25(35-16-21)20-8-10-22-19(15-20)7-6-18(27(22)31)5-4-17-13-23(29)26(24(30)14-17)28(32,33)34/h6-11,13-16H,2-5,12H2,1H3. The van der Waals surface area contributed by atoms with Gasteiger partial charge in [-0.05, 0) is 66.1 Å². The van der Waals surface area contributed by atoms with E-state index in [2.05, 4.69) is 11.9 Å². The number of benzene rings is 3. The van der Waals surface area contributed by atoms with Crippen LogP contribution >= 0.6 is 0 Å². The first-order valence-electron chi connectivity index (χ1n) is 11.5. The average molecular weight is 503 g/mol. The van der Waals surface area contributed by atoms with Crippen LogP contribution in [0.2, 0.25) is 0 Å². The molecule has 0 spiro atoms. The third-order valence-corrected chi connectivity index (χ3v) is 5.90. The van der Waals surface area contributed by atoms with Crippen molar-refractivity contribution in [1.82, 2.24) is 4.98 Å². The molecule has 0 atom stereocenters. The Bertz CT molecular complexity index is 1340. The van der Waals surface area contributed by atoms with E-state index in [1.54, 1.807) is 30.5 Å². The first-order chi connectivity index (χ1) is 17.2. The molecule has 3 aromatic carbocycles. The zero-order valence-corrected chi connectivity index (χ0v) is 19.4. The summed E-state index contributed by atoms with van der Waals surface area (Å²) in [5.41, 5.74) is -0.114. The van der Waals surface area contributed by atoms with Gasteiger partial charge in [0, 0.05) is 10.9 Å². The van der Waals surface area contributed by atoms with E-state index in [0.717, 1.165) is 18.4 Å². The molecule has 4 aromatic rings. The van der Waals surface area contributed by atoms with Crippen LogP contribution in [0, 0.1) is 17.5 Å². The second-order valence-electron chi connectivity index (χ2n) is 8.49. The molecule has 188 valence electrons. The van der Waals surface area contributed by atoms with E-state index in [9.17, 15) is 22.0 Å². The Hall–Kier alpha value is -3.55. The van der Waals surface area contributed by atoms with Gasteiger partial charge in [0.15, 0.2) is 0 Å². The molecule has 0 bridgehead atoms. The fourth-order valence-electron chi connectivity index (χ4n) is 3.98. The Labute approximate surface area is 204 Å². The van der Waals surface area contributed by atoms with Crippen molar-refractivity contribution in [3.8, 4) is 17.0 Å². The molecule has 0 saturated heterocycles. The Balaban J connectivity index is 1.51. The van der Waals surface area contributed by atoms with Gasteiger partial charge in [-0.2, -0.15) is 13.2 Å². The van der Waals surface area contributed by atoms with Crippen molar-refractivity contribution in [2.24, 2.45) is 0 Å². The van der Waals surface area contributed by atoms with E-state index in [4.69, 9.17) is 4.74 Å². The van der Waals surface area contributed by atoms with E-state index < -0.39 is 29.2 Å². The lowest BCUT2D eigenvalue weighted by Gasteiger charge is -2.12. The SMILES string of the molecule is CCCCOc1ccc(-c2ccc3c(F)c(CCc4cc(F)c(C(F)(F)F)c(F)c4)ccc3c2)nc1. The van der Waals surface area contributed by atoms with Gasteiger partial charge >= 0.3 is 6.18 Å². The summed E-state index contributed by atoms with van der Waals surface area (Å²) in [6.07, 6.45) is -1.45. The molecule has 0 aliphatic carbocycles. The van der Waals surface area contributed by atoms with E-state index in [1.165, 1.54) is 0 Å². The maximum atomic E-state index is 15.2. The molecule has 0 saturated carbocycles. The summed E-state index contributed by atoms with van der Waals surface area (Å²) in [4.78, 5) is 4.42. The maximum Gasteiger partial charge on any atom is 0.422 e. The summed E-state index contributed by atoms with van der Waals surface area (Å²) in [6.45, 7) is 2.70. The van der Waals surface area contributed by atoms with Gasteiger partial charge in [0.25, 0.3) is 0 Å². The van der Waals surface area contributed by atoms with E-state index in [-0.39, 0.29) is 18.4 Å². The number of rotatable bonds is 8. The lowest BCUT2D eigenvalue weighted by molar-refractivity contribution is -0.142. The van der Waals surface area contributed by atoms with Crippen molar-refractivity contribution in [2.45, 2.75) is 38.8 Å². The molecule has 0 amide bonds. The van der Waals surface area contributed by atoms with Crippen LogP contribution in [0.25, 0.3) is 22.0 Å². The zero-order chi connectivity index (χ0) is 25.9. The van der Waals surface area contributed by atoms with Crippen LogP contribution < -0.4 is 4.74 Å². The highest BCUT2D eigenvalue weighted by molar-refractivity contribution is 5.88. The van der Waals surface area contributed by atoms with Crippen LogP contribution in [0.5, 0.6) is 5.75 Å². The summed E-state index contributed by atoms with van der Waals surface area (Å²) in [5, 5.41) is 1.01. The highest BCUT2D eigenvalue weighted by Gasteiger charge is 2.37. The van der Waals surface area contributed by atoms with Crippen molar-refractivity contribution in [2.75, 3.05) is 6.61 Å². The highest BCUT2D eigenvalue weighted by Crippen LogP contribution is 2.34. The number of halogens is 6. The second-order valence-corrected chi connectivity index (χ2v) is 8.49. The number of hydrogen-bond donors (Lipinski definition) is 0. The third kappa shape index (κ3) is 5.64. The molecule has 0 unspecified atom stereocenters. The van der Waals surface area contributed by atoms with Crippen LogP contribution in [0.1, 0.15) is 36.5 Å². The predicted octanol–water partition coefficient (Wildman–Crippen LogP) is 8.30. The number of alkyl halides is 3. The first kappa shape index (κ1) is 25.5. The van der Waals surface area contributed by atoms with Crippen LogP contribution in [0.4, 0.5) is 26.3 Å². The largest absolute Gasteiger partial charge is 0.492 e. The minimum absolute atomic E-state index is 0.0149. The van der Waals surface area contributed by atoms with Gasteiger partial charge in [0.05, 0.1) is 18.5 Å². The smallest absolute Gasteiger partial charge is 0.422 e. The van der Waals surface area contributed by atoms with Crippen LogP contribution in [0.3, 0.4) is 0 Å². The summed E-state index contributed by atoms with van der Waals surface area (Å²) >= 11 is 0. The minimum Gasteiger partial charge on any atom is -0.492 e. The van der Waals surface area contributed by atoms with Gasteiger partial charge < -0.3 is 4.74 Å². The number of ether oxygens (including phenoxy) is 1. The zero-order valence-electron chi connectivity index (χ0n) is 19.4. The van der Waals surface area contributed by atoms with Gasteiger partial charge in [0.1, 0.15) is 28.8 Å². The van der Waals surface area contributed by atoms with Gasteiger partial charge in [-0.3, -0.25) is 4.98 Å². The topological polar surface area (TPSA) is 22.1 Å². The van der Waals surface area contributed by atoms with Gasteiger partial charge in [-0.15, -0.1) is 0 Å². The third-order valence-electron chi connectivity index (χ3n) is 5.90. The molecule has 2 nitrogen and oxygen atoms in total. The fraction of sp³-hybridized carbons (Fsp3) is 0.250. The normalized spacial score (nSPS) is 11.8. The molecular weight excluding hydrogens is 480 g/mol. The number of aromatic nitrogens is 1. The van der Waals surface area contributed by atoms with Crippen molar-refractivity contribution in [3.05, 3.63) is 94.9 Å². The quantitative estimate of drug-likeness (QED) is 0.178. The molecule has 0 aliphatic heterocycles. The Morgan fingerprint density at radius 1 is 0.861 bits per heavy atom. The molecule has 0 fully saturated rings. The maximum absolute atomic E-state index is 15.2. The van der Waals surface area contributed by atoms with Crippen molar-refractivity contribution < 1.29 is 31.1 Å². The first-order valence-corrected chi connectivity index (χ1v) is 11.5. The molecule has 0 radical (unpaired) electrons. The molecule has 0 N–H and O–H groups in total. The number of nitrogens with zero attached hydrogens (tertiary/aromatic N) is 1. The van der Waals surface area contributed by atoms with Crippen LogP contribution in [-0.2, 0) is 19.0 Å². The number of aryl methyl sites for hydroxylation is 2. The monoisotopic (exact) mass is 503 g/mol. The Morgan fingerprint density at radius 2 is 1.61 bits per heavy atom. The number of pyridine rings is 1. The second kappa shape index (κ2) is 10.6.